The minimum atomic E-state index is -0.489. The quantitative estimate of drug-likeness (QED) is 0.580. The third kappa shape index (κ3) is 2.51. The lowest BCUT2D eigenvalue weighted by Gasteiger charge is -2.01. The molecule has 0 aromatic carbocycles. The molecule has 2 aromatic heterocycles. The second kappa shape index (κ2) is 5.39. The van der Waals surface area contributed by atoms with Gasteiger partial charge in [0.15, 0.2) is 5.65 Å². The van der Waals surface area contributed by atoms with E-state index in [9.17, 15) is 14.4 Å². The maximum atomic E-state index is 12.0. The predicted molar refractivity (Wildman–Crippen MR) is 76.8 cm³/mol. The number of fused-ring (bicyclic) bond motifs is 1. The van der Waals surface area contributed by atoms with Crippen molar-refractivity contribution < 1.29 is 9.53 Å². The second-order valence-corrected chi connectivity index (χ2v) is 4.55. The van der Waals surface area contributed by atoms with E-state index in [1.165, 1.54) is 35.6 Å². The molecule has 0 bridgehead atoms. The van der Waals surface area contributed by atoms with Gasteiger partial charge in [-0.3, -0.25) is 13.9 Å². The lowest BCUT2D eigenvalue weighted by molar-refractivity contribution is -0.137. The fraction of sp³-hybridized carbons (Fsp3) is 0.385. The number of hydrogen-bond acceptors (Lipinski definition) is 5. The van der Waals surface area contributed by atoms with E-state index >= 15 is 0 Å². The zero-order valence-electron chi connectivity index (χ0n) is 12.3. The van der Waals surface area contributed by atoms with E-state index in [2.05, 4.69) is 5.10 Å². The fourth-order valence-corrected chi connectivity index (χ4v) is 1.95. The Bertz CT molecular complexity index is 853. The standard InChI is InChI=1S/C13H16N4O4/c1-5-21-10(18)6-8(2)17-7-9-11(14-17)15(3)13(20)16(4)12(9)19/h6-7H,5H2,1-4H3. The van der Waals surface area contributed by atoms with Crippen LogP contribution in [-0.2, 0) is 23.6 Å². The van der Waals surface area contributed by atoms with Crippen molar-refractivity contribution >= 4 is 22.7 Å². The van der Waals surface area contributed by atoms with Crippen LogP contribution in [0.25, 0.3) is 16.7 Å². The molecule has 0 atom stereocenters. The van der Waals surface area contributed by atoms with Crippen molar-refractivity contribution in [3.63, 3.8) is 0 Å². The summed E-state index contributed by atoms with van der Waals surface area (Å²) in [5.41, 5.74) is -0.132. The number of aromatic nitrogens is 4. The van der Waals surface area contributed by atoms with Crippen molar-refractivity contribution in [2.24, 2.45) is 14.1 Å². The van der Waals surface area contributed by atoms with E-state index in [4.69, 9.17) is 4.74 Å². The Kier molecular flexibility index (Phi) is 3.79. The largest absolute Gasteiger partial charge is 0.463 e. The first-order valence-electron chi connectivity index (χ1n) is 6.37. The molecule has 0 unspecified atom stereocenters. The van der Waals surface area contributed by atoms with Crippen molar-refractivity contribution in [2.75, 3.05) is 6.61 Å². The summed E-state index contributed by atoms with van der Waals surface area (Å²) < 4.78 is 8.49. The number of rotatable bonds is 3. The molecule has 2 heterocycles. The van der Waals surface area contributed by atoms with E-state index in [-0.39, 0.29) is 12.3 Å². The molecule has 0 fully saturated rings. The van der Waals surface area contributed by atoms with Gasteiger partial charge < -0.3 is 4.74 Å². The van der Waals surface area contributed by atoms with E-state index in [1.807, 2.05) is 0 Å². The maximum absolute atomic E-state index is 12.0. The Hall–Kier alpha value is -2.64. The summed E-state index contributed by atoms with van der Waals surface area (Å²) in [5, 5.41) is 4.48. The lowest BCUT2D eigenvalue weighted by atomic mass is 10.4. The summed E-state index contributed by atoms with van der Waals surface area (Å²) in [6.45, 7) is 3.65. The van der Waals surface area contributed by atoms with Gasteiger partial charge in [0.2, 0.25) is 0 Å². The summed E-state index contributed by atoms with van der Waals surface area (Å²) >= 11 is 0. The van der Waals surface area contributed by atoms with Gasteiger partial charge in [-0.1, -0.05) is 0 Å². The maximum Gasteiger partial charge on any atom is 0.332 e. The number of aryl methyl sites for hydroxylation is 1. The van der Waals surface area contributed by atoms with Gasteiger partial charge in [-0.05, 0) is 13.8 Å². The minimum absolute atomic E-state index is 0.264. The first kappa shape index (κ1) is 14.8. The van der Waals surface area contributed by atoms with Crippen LogP contribution in [0.1, 0.15) is 13.8 Å². The third-order valence-electron chi connectivity index (χ3n) is 3.10. The highest BCUT2D eigenvalue weighted by Crippen LogP contribution is 2.09. The van der Waals surface area contributed by atoms with Crippen LogP contribution in [0, 0.1) is 0 Å². The lowest BCUT2D eigenvalue weighted by Crippen LogP contribution is -2.36. The van der Waals surface area contributed by atoms with Gasteiger partial charge in [-0.25, -0.2) is 14.3 Å². The van der Waals surface area contributed by atoms with Crippen molar-refractivity contribution in [1.82, 2.24) is 18.9 Å². The number of hydrogen-bond donors (Lipinski definition) is 0. The Morgan fingerprint density at radius 1 is 1.33 bits per heavy atom. The first-order valence-corrected chi connectivity index (χ1v) is 6.37. The average Bonchev–Trinajstić information content (AvgIpc) is 2.88. The molecule has 0 amide bonds. The number of carbonyl (C=O) groups excluding carboxylic acids is 1. The van der Waals surface area contributed by atoms with Crippen LogP contribution < -0.4 is 11.2 Å². The van der Waals surface area contributed by atoms with Gasteiger partial charge in [0.25, 0.3) is 5.56 Å². The van der Waals surface area contributed by atoms with Crippen LogP contribution in [0.5, 0.6) is 0 Å². The number of ether oxygens (including phenoxy) is 1. The second-order valence-electron chi connectivity index (χ2n) is 4.55. The summed E-state index contributed by atoms with van der Waals surface area (Å²) in [7, 11) is 2.94. The Morgan fingerprint density at radius 3 is 2.62 bits per heavy atom. The molecule has 112 valence electrons. The summed E-state index contributed by atoms with van der Waals surface area (Å²) in [5.74, 6) is -0.489. The SMILES string of the molecule is CCOC(=O)C=C(C)n1cc2c(=O)n(C)c(=O)n(C)c2n1. The zero-order chi connectivity index (χ0) is 15.7. The molecule has 0 spiro atoms. The minimum Gasteiger partial charge on any atom is -0.463 e. The molecule has 2 rings (SSSR count). The molecule has 0 saturated carbocycles. The van der Waals surface area contributed by atoms with Gasteiger partial charge in [0, 0.05) is 32.1 Å². The molecule has 8 nitrogen and oxygen atoms in total. The Balaban J connectivity index is 2.62. The fourth-order valence-electron chi connectivity index (χ4n) is 1.95. The van der Waals surface area contributed by atoms with Crippen molar-refractivity contribution in [3.8, 4) is 0 Å². The van der Waals surface area contributed by atoms with E-state index in [1.54, 1.807) is 13.8 Å². The van der Waals surface area contributed by atoms with E-state index in [0.29, 0.717) is 11.1 Å². The molecular formula is C13H16N4O4. The summed E-state index contributed by atoms with van der Waals surface area (Å²) in [6.07, 6.45) is 2.76. The molecule has 0 radical (unpaired) electrons. The van der Waals surface area contributed by atoms with Crippen LogP contribution in [0.3, 0.4) is 0 Å². The van der Waals surface area contributed by atoms with Gasteiger partial charge in [0.05, 0.1) is 6.61 Å². The monoisotopic (exact) mass is 292 g/mol. The molecule has 0 saturated heterocycles. The topological polar surface area (TPSA) is 88.1 Å². The first-order chi connectivity index (χ1) is 9.86. The highest BCUT2D eigenvalue weighted by atomic mass is 16.5. The van der Waals surface area contributed by atoms with Crippen LogP contribution in [-0.4, -0.2) is 31.5 Å². The van der Waals surface area contributed by atoms with Crippen LogP contribution in [0.15, 0.2) is 21.9 Å². The third-order valence-corrected chi connectivity index (χ3v) is 3.10. The van der Waals surface area contributed by atoms with Gasteiger partial charge >= 0.3 is 11.7 Å². The van der Waals surface area contributed by atoms with E-state index < -0.39 is 17.2 Å². The normalized spacial score (nSPS) is 11.9. The highest BCUT2D eigenvalue weighted by molar-refractivity contribution is 5.88. The highest BCUT2D eigenvalue weighted by Gasteiger charge is 2.13. The molecule has 0 aliphatic heterocycles. The Labute approximate surface area is 119 Å². The molecule has 8 heteroatoms. The smallest absolute Gasteiger partial charge is 0.332 e. The molecule has 0 aliphatic carbocycles. The number of allylic oxidation sites excluding steroid dienone is 1. The van der Waals surface area contributed by atoms with Gasteiger partial charge in [-0.2, -0.15) is 0 Å². The van der Waals surface area contributed by atoms with Crippen molar-refractivity contribution in [3.05, 3.63) is 33.1 Å². The van der Waals surface area contributed by atoms with Crippen LogP contribution in [0.2, 0.25) is 0 Å². The zero-order valence-corrected chi connectivity index (χ0v) is 12.3. The van der Waals surface area contributed by atoms with Gasteiger partial charge in [0.1, 0.15) is 5.39 Å². The van der Waals surface area contributed by atoms with E-state index in [0.717, 1.165) is 4.57 Å². The van der Waals surface area contributed by atoms with Crippen molar-refractivity contribution in [1.29, 1.82) is 0 Å². The van der Waals surface area contributed by atoms with Crippen LogP contribution in [0.4, 0.5) is 0 Å². The molecular weight excluding hydrogens is 276 g/mol. The number of nitrogens with zero attached hydrogens (tertiary/aromatic N) is 4. The predicted octanol–water partition coefficient (Wildman–Crippen LogP) is -0.142. The van der Waals surface area contributed by atoms with Crippen molar-refractivity contribution in [2.45, 2.75) is 13.8 Å². The number of carbonyl (C=O) groups is 1. The van der Waals surface area contributed by atoms with Gasteiger partial charge in [-0.15, -0.1) is 5.10 Å². The molecule has 21 heavy (non-hydrogen) atoms. The number of esters is 1. The molecule has 0 aliphatic rings. The Morgan fingerprint density at radius 2 is 2.00 bits per heavy atom. The van der Waals surface area contributed by atoms with Crippen LogP contribution >= 0.6 is 0 Å². The summed E-state index contributed by atoms with van der Waals surface area (Å²) in [4.78, 5) is 35.3. The molecule has 2 aromatic rings. The summed E-state index contributed by atoms with van der Waals surface area (Å²) in [6, 6.07) is 0. The molecule has 0 N–H and O–H groups in total. The average molecular weight is 292 g/mol.